The topological polar surface area (TPSA) is 24.1 Å². The van der Waals surface area contributed by atoms with Gasteiger partial charge in [0, 0.05) is 12.6 Å². The molecule has 0 saturated carbocycles. The molecule has 0 aromatic carbocycles. The predicted octanol–water partition coefficient (Wildman–Crippen LogP) is 2.93. The van der Waals surface area contributed by atoms with E-state index in [0.29, 0.717) is 5.41 Å². The van der Waals surface area contributed by atoms with Gasteiger partial charge < -0.3 is 10.6 Å². The minimum atomic E-state index is 0.467. The Morgan fingerprint density at radius 3 is 2.75 bits per heavy atom. The first kappa shape index (κ1) is 14.0. The molecule has 1 heterocycles. The Kier molecular flexibility index (Phi) is 6.37. The maximum absolute atomic E-state index is 3.62. The zero-order valence-electron chi connectivity index (χ0n) is 11.4. The molecule has 0 radical (unpaired) electrons. The van der Waals surface area contributed by atoms with E-state index in [0.717, 1.165) is 12.6 Å². The van der Waals surface area contributed by atoms with Crippen LogP contribution in [-0.4, -0.2) is 25.7 Å². The maximum Gasteiger partial charge on any atom is 0.00791 e. The van der Waals surface area contributed by atoms with Crippen LogP contribution >= 0.6 is 0 Å². The SMILES string of the molecule is CCCC(C)(C)CNCCC1CCCCN1. The van der Waals surface area contributed by atoms with Crippen LogP contribution in [-0.2, 0) is 0 Å². The van der Waals surface area contributed by atoms with Gasteiger partial charge in [0.25, 0.3) is 0 Å². The van der Waals surface area contributed by atoms with E-state index in [4.69, 9.17) is 0 Å². The van der Waals surface area contributed by atoms with Crippen LogP contribution in [0.1, 0.15) is 59.3 Å². The molecule has 2 heteroatoms. The summed E-state index contributed by atoms with van der Waals surface area (Å²) >= 11 is 0. The Morgan fingerprint density at radius 2 is 2.12 bits per heavy atom. The normalized spacial score (nSPS) is 22.3. The molecule has 1 atom stereocenters. The first-order valence-electron chi connectivity index (χ1n) is 7.08. The highest BCUT2D eigenvalue weighted by Gasteiger charge is 2.16. The van der Waals surface area contributed by atoms with Crippen LogP contribution in [0.4, 0.5) is 0 Å². The Balaban J connectivity index is 2.02. The average Bonchev–Trinajstić information content (AvgIpc) is 2.26. The first-order valence-corrected chi connectivity index (χ1v) is 7.08. The summed E-state index contributed by atoms with van der Waals surface area (Å²) in [7, 11) is 0. The Labute approximate surface area is 102 Å². The number of piperidine rings is 1. The second-order valence-electron chi connectivity index (χ2n) is 6.03. The monoisotopic (exact) mass is 226 g/mol. The summed E-state index contributed by atoms with van der Waals surface area (Å²) < 4.78 is 0. The molecule has 1 saturated heterocycles. The number of hydrogen-bond donors (Lipinski definition) is 2. The highest BCUT2D eigenvalue weighted by molar-refractivity contribution is 4.75. The van der Waals surface area contributed by atoms with Gasteiger partial charge in [0.05, 0.1) is 0 Å². The van der Waals surface area contributed by atoms with Crippen molar-refractivity contribution in [2.45, 2.75) is 65.3 Å². The van der Waals surface area contributed by atoms with Crippen molar-refractivity contribution in [3.8, 4) is 0 Å². The van der Waals surface area contributed by atoms with Gasteiger partial charge in [-0.2, -0.15) is 0 Å². The summed E-state index contributed by atoms with van der Waals surface area (Å²) in [6.45, 7) is 10.6. The van der Waals surface area contributed by atoms with Crippen LogP contribution in [0.2, 0.25) is 0 Å². The van der Waals surface area contributed by atoms with Crippen molar-refractivity contribution >= 4 is 0 Å². The molecule has 96 valence electrons. The minimum absolute atomic E-state index is 0.467. The first-order chi connectivity index (χ1) is 7.64. The van der Waals surface area contributed by atoms with Gasteiger partial charge in [-0.15, -0.1) is 0 Å². The number of nitrogens with one attached hydrogen (secondary N) is 2. The second kappa shape index (κ2) is 7.29. The van der Waals surface area contributed by atoms with E-state index >= 15 is 0 Å². The lowest BCUT2D eigenvalue weighted by atomic mass is 9.88. The van der Waals surface area contributed by atoms with E-state index in [2.05, 4.69) is 31.4 Å². The van der Waals surface area contributed by atoms with E-state index in [1.807, 2.05) is 0 Å². The smallest absolute Gasteiger partial charge is 0.00791 e. The predicted molar refractivity (Wildman–Crippen MR) is 71.8 cm³/mol. The fraction of sp³-hybridized carbons (Fsp3) is 1.00. The average molecular weight is 226 g/mol. The van der Waals surface area contributed by atoms with Gasteiger partial charge in [-0.1, -0.05) is 33.6 Å². The minimum Gasteiger partial charge on any atom is -0.316 e. The standard InChI is InChI=1S/C14H30N2/c1-4-9-14(2,3)12-15-11-8-13-7-5-6-10-16-13/h13,15-16H,4-12H2,1-3H3. The van der Waals surface area contributed by atoms with Crippen molar-refractivity contribution in [2.75, 3.05) is 19.6 Å². The molecule has 0 aliphatic carbocycles. The third-order valence-corrected chi connectivity index (χ3v) is 3.61. The molecule has 2 nitrogen and oxygen atoms in total. The zero-order valence-corrected chi connectivity index (χ0v) is 11.4. The van der Waals surface area contributed by atoms with E-state index in [-0.39, 0.29) is 0 Å². The molecule has 0 amide bonds. The lowest BCUT2D eigenvalue weighted by molar-refractivity contribution is 0.302. The van der Waals surface area contributed by atoms with Crippen molar-refractivity contribution < 1.29 is 0 Å². The Bertz CT molecular complexity index is 172. The lowest BCUT2D eigenvalue weighted by Crippen LogP contribution is -2.38. The summed E-state index contributed by atoms with van der Waals surface area (Å²) in [6.07, 6.45) is 8.06. The van der Waals surface area contributed by atoms with E-state index in [1.165, 1.54) is 51.6 Å². The summed E-state index contributed by atoms with van der Waals surface area (Å²) in [6, 6.07) is 0.774. The van der Waals surface area contributed by atoms with E-state index in [1.54, 1.807) is 0 Å². The summed E-state index contributed by atoms with van der Waals surface area (Å²) in [5.41, 5.74) is 0.467. The summed E-state index contributed by atoms with van der Waals surface area (Å²) in [4.78, 5) is 0. The maximum atomic E-state index is 3.62. The largest absolute Gasteiger partial charge is 0.316 e. The molecule has 1 fully saturated rings. The Morgan fingerprint density at radius 1 is 1.31 bits per heavy atom. The van der Waals surface area contributed by atoms with E-state index < -0.39 is 0 Å². The van der Waals surface area contributed by atoms with Crippen LogP contribution in [0.25, 0.3) is 0 Å². The molecular weight excluding hydrogens is 196 g/mol. The lowest BCUT2D eigenvalue weighted by Gasteiger charge is -2.26. The van der Waals surface area contributed by atoms with Crippen LogP contribution in [0.5, 0.6) is 0 Å². The van der Waals surface area contributed by atoms with Gasteiger partial charge in [0.2, 0.25) is 0 Å². The van der Waals surface area contributed by atoms with Crippen molar-refractivity contribution in [3.63, 3.8) is 0 Å². The summed E-state index contributed by atoms with van der Waals surface area (Å²) in [5.74, 6) is 0. The van der Waals surface area contributed by atoms with Crippen molar-refractivity contribution in [1.82, 2.24) is 10.6 Å². The van der Waals surface area contributed by atoms with Crippen LogP contribution in [0.15, 0.2) is 0 Å². The van der Waals surface area contributed by atoms with E-state index in [9.17, 15) is 0 Å². The number of hydrogen-bond acceptors (Lipinski definition) is 2. The van der Waals surface area contributed by atoms with Crippen molar-refractivity contribution in [1.29, 1.82) is 0 Å². The highest BCUT2D eigenvalue weighted by atomic mass is 14.9. The van der Waals surface area contributed by atoms with Crippen LogP contribution < -0.4 is 10.6 Å². The van der Waals surface area contributed by atoms with Gasteiger partial charge in [0.15, 0.2) is 0 Å². The molecule has 0 aromatic heterocycles. The molecule has 0 aromatic rings. The fourth-order valence-electron chi connectivity index (χ4n) is 2.64. The molecule has 0 bridgehead atoms. The molecule has 1 rings (SSSR count). The number of rotatable bonds is 7. The quantitative estimate of drug-likeness (QED) is 0.652. The molecule has 1 aliphatic heterocycles. The fourth-order valence-corrected chi connectivity index (χ4v) is 2.64. The van der Waals surface area contributed by atoms with Gasteiger partial charge in [0.1, 0.15) is 0 Å². The van der Waals surface area contributed by atoms with Gasteiger partial charge in [-0.3, -0.25) is 0 Å². The highest BCUT2D eigenvalue weighted by Crippen LogP contribution is 2.20. The molecule has 16 heavy (non-hydrogen) atoms. The molecular formula is C14H30N2. The molecule has 1 unspecified atom stereocenters. The van der Waals surface area contributed by atoms with Crippen LogP contribution in [0, 0.1) is 5.41 Å². The van der Waals surface area contributed by atoms with Crippen molar-refractivity contribution in [3.05, 3.63) is 0 Å². The van der Waals surface area contributed by atoms with Gasteiger partial charge >= 0.3 is 0 Å². The second-order valence-corrected chi connectivity index (χ2v) is 6.03. The molecule has 2 N–H and O–H groups in total. The Hall–Kier alpha value is -0.0800. The summed E-state index contributed by atoms with van der Waals surface area (Å²) in [5, 5.41) is 7.22. The zero-order chi connectivity index (χ0) is 11.9. The van der Waals surface area contributed by atoms with Crippen LogP contribution in [0.3, 0.4) is 0 Å². The molecule has 1 aliphatic rings. The van der Waals surface area contributed by atoms with Gasteiger partial charge in [-0.05, 0) is 44.2 Å². The third kappa shape index (κ3) is 5.86. The molecule has 0 spiro atoms. The van der Waals surface area contributed by atoms with Gasteiger partial charge in [-0.25, -0.2) is 0 Å². The van der Waals surface area contributed by atoms with Crippen molar-refractivity contribution in [2.24, 2.45) is 5.41 Å². The third-order valence-electron chi connectivity index (χ3n) is 3.61.